The van der Waals surface area contributed by atoms with E-state index in [2.05, 4.69) is 19.1 Å². The maximum atomic E-state index is 10.4. The van der Waals surface area contributed by atoms with Crippen molar-refractivity contribution < 1.29 is 15.0 Å². The largest absolute Gasteiger partial charge is 0.481 e. The minimum absolute atomic E-state index is 0.140. The fourth-order valence-corrected chi connectivity index (χ4v) is 3.05. The summed E-state index contributed by atoms with van der Waals surface area (Å²) in [7, 11) is 0. The Balaban J connectivity index is 1.85. The molecule has 0 saturated heterocycles. The maximum Gasteiger partial charge on any atom is 0.303 e. The average molecular weight is 236 g/mol. The molecule has 2 aliphatic rings. The van der Waals surface area contributed by atoms with E-state index in [0.717, 1.165) is 12.8 Å². The molecule has 2 rings (SSSR count). The second kappa shape index (κ2) is 5.05. The predicted molar refractivity (Wildman–Crippen MR) is 65.5 cm³/mol. The highest BCUT2D eigenvalue weighted by Crippen LogP contribution is 2.46. The molecule has 0 heterocycles. The fourth-order valence-electron chi connectivity index (χ4n) is 3.05. The van der Waals surface area contributed by atoms with Gasteiger partial charge in [-0.25, -0.2) is 0 Å². The standard InChI is InChI=1S/C14H20O3/c1-9-12-7-10(4-2-3-5-14(16)17)6-11(12)8-13(9)15/h2,4,6,9,11-13,15H,3,5,7-8H2,1H3,(H,16,17)/b4-2-/t9?,11-,12+,13+/m0/s1. The number of carbonyl (C=O) groups is 1. The molecule has 0 amide bonds. The zero-order chi connectivity index (χ0) is 12.4. The number of rotatable bonds is 4. The highest BCUT2D eigenvalue weighted by molar-refractivity contribution is 5.66. The monoisotopic (exact) mass is 236 g/mol. The molecule has 0 aromatic heterocycles. The third-order valence-electron chi connectivity index (χ3n) is 4.10. The molecule has 2 N–H and O–H groups in total. The van der Waals surface area contributed by atoms with E-state index >= 15 is 0 Å². The number of aliphatic carboxylic acids is 1. The summed E-state index contributed by atoms with van der Waals surface area (Å²) in [5.41, 5.74) is 1.31. The molecule has 0 radical (unpaired) electrons. The molecule has 3 nitrogen and oxygen atoms in total. The van der Waals surface area contributed by atoms with Gasteiger partial charge in [0, 0.05) is 6.42 Å². The number of hydrogen-bond donors (Lipinski definition) is 2. The predicted octanol–water partition coefficient (Wildman–Crippen LogP) is 2.37. The van der Waals surface area contributed by atoms with Crippen molar-refractivity contribution in [1.82, 2.24) is 0 Å². The molecule has 17 heavy (non-hydrogen) atoms. The number of allylic oxidation sites excluding steroid dienone is 4. The quantitative estimate of drug-likeness (QED) is 0.788. The van der Waals surface area contributed by atoms with Gasteiger partial charge in [0.25, 0.3) is 0 Å². The number of hydrogen-bond acceptors (Lipinski definition) is 2. The second-order valence-electron chi connectivity index (χ2n) is 5.27. The van der Waals surface area contributed by atoms with Gasteiger partial charge in [-0.05, 0) is 37.0 Å². The van der Waals surface area contributed by atoms with Crippen LogP contribution in [0.3, 0.4) is 0 Å². The normalized spacial score (nSPS) is 36.2. The SMILES string of the molecule is CC1[C@H](O)C[C@@H]2C=C(/C=C\CCC(=O)O)C[C@H]12. The molecular formula is C14H20O3. The van der Waals surface area contributed by atoms with Crippen molar-refractivity contribution in [1.29, 1.82) is 0 Å². The first-order valence-corrected chi connectivity index (χ1v) is 6.35. The summed E-state index contributed by atoms with van der Waals surface area (Å²) < 4.78 is 0. The van der Waals surface area contributed by atoms with Crippen LogP contribution < -0.4 is 0 Å². The Labute approximate surface area is 102 Å². The van der Waals surface area contributed by atoms with E-state index in [1.807, 2.05) is 6.08 Å². The summed E-state index contributed by atoms with van der Waals surface area (Å²) >= 11 is 0. The van der Waals surface area contributed by atoms with Gasteiger partial charge >= 0.3 is 5.97 Å². The number of aliphatic hydroxyl groups excluding tert-OH is 1. The summed E-state index contributed by atoms with van der Waals surface area (Å²) in [6.07, 6.45) is 8.84. The van der Waals surface area contributed by atoms with Crippen LogP contribution in [-0.4, -0.2) is 22.3 Å². The van der Waals surface area contributed by atoms with Gasteiger partial charge in [0.05, 0.1) is 6.10 Å². The van der Waals surface area contributed by atoms with E-state index in [-0.39, 0.29) is 12.5 Å². The first kappa shape index (κ1) is 12.4. The molecule has 0 aromatic rings. The average Bonchev–Trinajstić information content (AvgIpc) is 2.75. The highest BCUT2D eigenvalue weighted by Gasteiger charge is 2.41. The Bertz CT molecular complexity index is 356. The van der Waals surface area contributed by atoms with E-state index in [4.69, 9.17) is 5.11 Å². The summed E-state index contributed by atoms with van der Waals surface area (Å²) in [6.45, 7) is 2.13. The first-order valence-electron chi connectivity index (χ1n) is 6.35. The van der Waals surface area contributed by atoms with Gasteiger partial charge < -0.3 is 10.2 Å². The van der Waals surface area contributed by atoms with Crippen LogP contribution in [0, 0.1) is 17.8 Å². The third-order valence-corrected chi connectivity index (χ3v) is 4.10. The molecule has 1 fully saturated rings. The van der Waals surface area contributed by atoms with E-state index < -0.39 is 5.97 Å². The van der Waals surface area contributed by atoms with Crippen LogP contribution in [0.25, 0.3) is 0 Å². The lowest BCUT2D eigenvalue weighted by Crippen LogP contribution is -2.15. The Morgan fingerprint density at radius 2 is 2.35 bits per heavy atom. The lowest BCUT2D eigenvalue weighted by molar-refractivity contribution is -0.136. The molecule has 0 bridgehead atoms. The fraction of sp³-hybridized carbons (Fsp3) is 0.643. The minimum atomic E-state index is -0.747. The molecule has 0 spiro atoms. The first-order chi connectivity index (χ1) is 8.08. The molecule has 3 heteroatoms. The van der Waals surface area contributed by atoms with Gasteiger partial charge in [0.15, 0.2) is 0 Å². The lowest BCUT2D eigenvalue weighted by atomic mass is 9.91. The van der Waals surface area contributed by atoms with Crippen LogP contribution in [0.4, 0.5) is 0 Å². The van der Waals surface area contributed by atoms with Crippen LogP contribution in [-0.2, 0) is 4.79 Å². The van der Waals surface area contributed by atoms with Gasteiger partial charge in [0.1, 0.15) is 0 Å². The van der Waals surface area contributed by atoms with Crippen LogP contribution in [0.2, 0.25) is 0 Å². The minimum Gasteiger partial charge on any atom is -0.481 e. The van der Waals surface area contributed by atoms with Crippen molar-refractivity contribution in [2.75, 3.05) is 0 Å². The van der Waals surface area contributed by atoms with Crippen molar-refractivity contribution >= 4 is 5.97 Å². The van der Waals surface area contributed by atoms with Crippen molar-refractivity contribution in [3.63, 3.8) is 0 Å². The molecule has 4 atom stereocenters. The lowest BCUT2D eigenvalue weighted by Gasteiger charge is -2.15. The maximum absolute atomic E-state index is 10.4. The van der Waals surface area contributed by atoms with E-state index in [1.54, 1.807) is 0 Å². The molecular weight excluding hydrogens is 216 g/mol. The Morgan fingerprint density at radius 3 is 3.00 bits per heavy atom. The van der Waals surface area contributed by atoms with Crippen LogP contribution >= 0.6 is 0 Å². The van der Waals surface area contributed by atoms with E-state index in [1.165, 1.54) is 5.57 Å². The van der Waals surface area contributed by atoms with Crippen LogP contribution in [0.1, 0.15) is 32.6 Å². The molecule has 1 saturated carbocycles. The van der Waals surface area contributed by atoms with Gasteiger partial charge in [0.2, 0.25) is 0 Å². The Kier molecular flexibility index (Phi) is 3.67. The van der Waals surface area contributed by atoms with Crippen molar-refractivity contribution in [3.05, 3.63) is 23.8 Å². The van der Waals surface area contributed by atoms with Crippen molar-refractivity contribution in [2.45, 2.75) is 38.7 Å². The molecule has 94 valence electrons. The third kappa shape index (κ3) is 2.78. The van der Waals surface area contributed by atoms with Gasteiger partial charge in [-0.3, -0.25) is 4.79 Å². The van der Waals surface area contributed by atoms with Crippen LogP contribution in [0.15, 0.2) is 23.8 Å². The Hall–Kier alpha value is -1.09. The van der Waals surface area contributed by atoms with Gasteiger partial charge in [-0.1, -0.05) is 30.7 Å². The zero-order valence-electron chi connectivity index (χ0n) is 10.2. The summed E-state index contributed by atoms with van der Waals surface area (Å²) in [4.78, 5) is 10.4. The molecule has 2 aliphatic carbocycles. The number of fused-ring (bicyclic) bond motifs is 1. The van der Waals surface area contributed by atoms with Crippen molar-refractivity contribution in [3.8, 4) is 0 Å². The number of aliphatic hydroxyl groups is 1. The highest BCUT2D eigenvalue weighted by atomic mass is 16.4. The van der Waals surface area contributed by atoms with E-state index in [0.29, 0.717) is 24.2 Å². The van der Waals surface area contributed by atoms with Gasteiger partial charge in [-0.15, -0.1) is 0 Å². The summed E-state index contributed by atoms with van der Waals surface area (Å²) in [5, 5.41) is 18.3. The van der Waals surface area contributed by atoms with Crippen molar-refractivity contribution in [2.24, 2.45) is 17.8 Å². The number of carboxylic acid groups (broad SMARTS) is 1. The van der Waals surface area contributed by atoms with Crippen LogP contribution in [0.5, 0.6) is 0 Å². The number of carboxylic acids is 1. The molecule has 1 unspecified atom stereocenters. The Morgan fingerprint density at radius 1 is 1.59 bits per heavy atom. The zero-order valence-corrected chi connectivity index (χ0v) is 10.2. The summed E-state index contributed by atoms with van der Waals surface area (Å²) in [6, 6.07) is 0. The van der Waals surface area contributed by atoms with Gasteiger partial charge in [-0.2, -0.15) is 0 Å². The topological polar surface area (TPSA) is 57.5 Å². The molecule has 0 aliphatic heterocycles. The smallest absolute Gasteiger partial charge is 0.303 e. The summed E-state index contributed by atoms with van der Waals surface area (Å²) in [5.74, 6) is 0.757. The second-order valence-corrected chi connectivity index (χ2v) is 5.27. The van der Waals surface area contributed by atoms with E-state index in [9.17, 15) is 9.90 Å². The molecule has 0 aromatic carbocycles.